The number of nitrogens with one attached hydrogen (secondary N) is 1. The fourth-order valence-electron chi connectivity index (χ4n) is 3.86. The van der Waals surface area contributed by atoms with Gasteiger partial charge in [0, 0.05) is 29.2 Å². The molecule has 3 rings (SSSR count). The number of likely N-dealkylation sites (N-methyl/N-ethyl adjacent to an activating group) is 1. The Bertz CT molecular complexity index is 1350. The largest absolute Gasteiger partial charge is 0.457 e. The molecule has 0 bridgehead atoms. The summed E-state index contributed by atoms with van der Waals surface area (Å²) in [6, 6.07) is 19.5. The normalized spacial score (nSPS) is 11.9. The molecule has 0 fully saturated rings. The van der Waals surface area contributed by atoms with Crippen molar-refractivity contribution >= 4 is 50.7 Å². The third-order valence-corrected chi connectivity index (χ3v) is 7.65. The number of anilines is 1. The molecular weight excluding hydrogens is 549 g/mol. The van der Waals surface area contributed by atoms with Crippen LogP contribution in [0.1, 0.15) is 18.9 Å². The molecule has 8 nitrogen and oxygen atoms in total. The van der Waals surface area contributed by atoms with E-state index in [1.807, 2.05) is 18.2 Å². The van der Waals surface area contributed by atoms with E-state index in [2.05, 4.69) is 5.32 Å². The van der Waals surface area contributed by atoms with Gasteiger partial charge in [0.2, 0.25) is 21.8 Å². The van der Waals surface area contributed by atoms with E-state index in [9.17, 15) is 18.0 Å². The molecule has 2 amide bonds. The maximum absolute atomic E-state index is 13.7. The molecule has 0 saturated heterocycles. The molecule has 38 heavy (non-hydrogen) atoms. The van der Waals surface area contributed by atoms with Crippen LogP contribution in [0.25, 0.3) is 0 Å². The van der Waals surface area contributed by atoms with E-state index < -0.39 is 34.4 Å². The highest BCUT2D eigenvalue weighted by Gasteiger charge is 2.32. The minimum atomic E-state index is -3.87. The smallest absolute Gasteiger partial charge is 0.244 e. The number of amides is 2. The molecule has 0 aliphatic carbocycles. The van der Waals surface area contributed by atoms with Gasteiger partial charge >= 0.3 is 0 Å². The van der Waals surface area contributed by atoms with Gasteiger partial charge in [-0.25, -0.2) is 8.42 Å². The second-order valence-corrected chi connectivity index (χ2v) is 11.2. The zero-order valence-electron chi connectivity index (χ0n) is 21.2. The molecule has 1 atom stereocenters. The van der Waals surface area contributed by atoms with Crippen molar-refractivity contribution in [3.8, 4) is 11.5 Å². The van der Waals surface area contributed by atoms with Crippen molar-refractivity contribution < 1.29 is 22.7 Å². The van der Waals surface area contributed by atoms with Crippen LogP contribution in [0, 0.1) is 0 Å². The van der Waals surface area contributed by atoms with Crippen molar-refractivity contribution in [1.29, 1.82) is 0 Å². The molecule has 0 saturated carbocycles. The summed E-state index contributed by atoms with van der Waals surface area (Å²) in [5.41, 5.74) is 0.727. The lowest BCUT2D eigenvalue weighted by atomic mass is 10.1. The van der Waals surface area contributed by atoms with E-state index in [-0.39, 0.29) is 18.7 Å². The molecule has 0 spiro atoms. The van der Waals surface area contributed by atoms with Gasteiger partial charge in [-0.2, -0.15) is 0 Å². The Morgan fingerprint density at radius 2 is 1.50 bits per heavy atom. The van der Waals surface area contributed by atoms with Crippen molar-refractivity contribution in [1.82, 2.24) is 10.2 Å². The van der Waals surface area contributed by atoms with Gasteiger partial charge in [-0.15, -0.1) is 0 Å². The predicted octanol–water partition coefficient (Wildman–Crippen LogP) is 5.11. The summed E-state index contributed by atoms with van der Waals surface area (Å²) in [5, 5.41) is 3.22. The molecule has 3 aromatic carbocycles. The molecule has 0 aliphatic heterocycles. The number of benzene rings is 3. The van der Waals surface area contributed by atoms with Crippen molar-refractivity contribution in [3.63, 3.8) is 0 Å². The first-order chi connectivity index (χ1) is 18.0. The lowest BCUT2D eigenvalue weighted by molar-refractivity contribution is -0.140. The number of para-hydroxylation sites is 1. The molecule has 0 heterocycles. The second-order valence-electron chi connectivity index (χ2n) is 8.44. The van der Waals surface area contributed by atoms with Gasteiger partial charge in [-0.1, -0.05) is 54.4 Å². The lowest BCUT2D eigenvalue weighted by Gasteiger charge is -2.33. The van der Waals surface area contributed by atoms with Crippen LogP contribution in [0.4, 0.5) is 5.69 Å². The summed E-state index contributed by atoms with van der Waals surface area (Å²) in [7, 11) is -2.40. The van der Waals surface area contributed by atoms with E-state index in [0.29, 0.717) is 27.1 Å². The van der Waals surface area contributed by atoms with Gasteiger partial charge in [-0.3, -0.25) is 13.9 Å². The number of halogens is 2. The zero-order chi connectivity index (χ0) is 27.9. The number of rotatable bonds is 11. The Labute approximate surface area is 233 Å². The van der Waals surface area contributed by atoms with Crippen LogP contribution in [0.3, 0.4) is 0 Å². The number of ether oxygens (including phenoxy) is 1. The average molecular weight is 579 g/mol. The van der Waals surface area contributed by atoms with Gasteiger partial charge in [0.25, 0.3) is 0 Å². The van der Waals surface area contributed by atoms with Crippen LogP contribution in [-0.4, -0.2) is 51.0 Å². The van der Waals surface area contributed by atoms with Crippen LogP contribution >= 0.6 is 23.2 Å². The summed E-state index contributed by atoms with van der Waals surface area (Å²) < 4.78 is 32.3. The minimum Gasteiger partial charge on any atom is -0.457 e. The molecule has 0 unspecified atom stereocenters. The third-order valence-electron chi connectivity index (χ3n) is 5.81. The van der Waals surface area contributed by atoms with Crippen LogP contribution < -0.4 is 14.4 Å². The Morgan fingerprint density at radius 1 is 0.921 bits per heavy atom. The van der Waals surface area contributed by atoms with Crippen LogP contribution in [-0.2, 0) is 26.2 Å². The highest BCUT2D eigenvalue weighted by molar-refractivity contribution is 7.92. The maximum atomic E-state index is 13.7. The maximum Gasteiger partial charge on any atom is 0.244 e. The highest BCUT2D eigenvalue weighted by atomic mass is 35.5. The Morgan fingerprint density at radius 3 is 2.03 bits per heavy atom. The Balaban J connectivity index is 1.92. The first-order valence-corrected chi connectivity index (χ1v) is 14.4. The van der Waals surface area contributed by atoms with Gasteiger partial charge in [0.15, 0.2) is 0 Å². The Kier molecular flexibility index (Phi) is 10.0. The minimum absolute atomic E-state index is 0.0786. The number of nitrogens with zero attached hydrogens (tertiary/aromatic N) is 2. The zero-order valence-corrected chi connectivity index (χ0v) is 23.6. The van der Waals surface area contributed by atoms with Gasteiger partial charge in [0.1, 0.15) is 24.1 Å². The predicted molar refractivity (Wildman–Crippen MR) is 150 cm³/mol. The topological polar surface area (TPSA) is 96.0 Å². The van der Waals surface area contributed by atoms with Crippen molar-refractivity contribution in [2.75, 3.05) is 24.2 Å². The summed E-state index contributed by atoms with van der Waals surface area (Å²) in [6.45, 7) is 1.15. The van der Waals surface area contributed by atoms with Crippen molar-refractivity contribution in [3.05, 3.63) is 88.4 Å². The summed E-state index contributed by atoms with van der Waals surface area (Å²) >= 11 is 12.7. The molecule has 0 aliphatic rings. The van der Waals surface area contributed by atoms with Gasteiger partial charge < -0.3 is 15.0 Å². The molecular formula is C27H29Cl2N3O5S. The highest BCUT2D eigenvalue weighted by Crippen LogP contribution is 2.29. The van der Waals surface area contributed by atoms with E-state index >= 15 is 0 Å². The second kappa shape index (κ2) is 13.0. The SMILES string of the molecule is CC[C@@H](C(=O)NC)N(Cc1c(Cl)cccc1Cl)C(=O)CN(c1ccc(Oc2ccccc2)cc1)S(C)(=O)=O. The molecule has 0 radical (unpaired) electrons. The van der Waals surface area contributed by atoms with Crippen LogP contribution in [0.2, 0.25) is 10.0 Å². The van der Waals surface area contributed by atoms with Crippen molar-refractivity contribution in [2.45, 2.75) is 25.9 Å². The first-order valence-electron chi connectivity index (χ1n) is 11.8. The van der Waals surface area contributed by atoms with E-state index in [1.54, 1.807) is 61.5 Å². The van der Waals surface area contributed by atoms with E-state index in [1.165, 1.54) is 11.9 Å². The number of carbonyl (C=O) groups excluding carboxylic acids is 2. The number of carbonyl (C=O) groups is 2. The van der Waals surface area contributed by atoms with Gasteiger partial charge in [0.05, 0.1) is 11.9 Å². The fourth-order valence-corrected chi connectivity index (χ4v) is 5.23. The molecule has 1 N–H and O–H groups in total. The quantitative estimate of drug-likeness (QED) is 0.342. The Hall–Kier alpha value is -3.27. The van der Waals surface area contributed by atoms with Crippen LogP contribution in [0.15, 0.2) is 72.8 Å². The summed E-state index contributed by atoms with van der Waals surface area (Å²) in [6.07, 6.45) is 1.30. The van der Waals surface area contributed by atoms with E-state index in [0.717, 1.165) is 10.6 Å². The van der Waals surface area contributed by atoms with E-state index in [4.69, 9.17) is 27.9 Å². The fraction of sp³-hybridized carbons (Fsp3) is 0.259. The first kappa shape index (κ1) is 29.3. The standard InChI is InChI=1S/C27H29Cl2N3O5S/c1-4-25(27(34)30-2)31(17-22-23(28)11-8-12-24(22)29)26(33)18-32(38(3,35)36)19-13-15-21(16-14-19)37-20-9-6-5-7-10-20/h5-16,25H,4,17-18H2,1-3H3,(H,30,34)/t25-/m0/s1. The van der Waals surface area contributed by atoms with Crippen molar-refractivity contribution in [2.24, 2.45) is 0 Å². The average Bonchev–Trinajstić information content (AvgIpc) is 2.89. The molecule has 202 valence electrons. The third kappa shape index (κ3) is 7.40. The molecule has 0 aromatic heterocycles. The number of sulfonamides is 1. The summed E-state index contributed by atoms with van der Waals surface area (Å²) in [5.74, 6) is 0.147. The number of hydrogen-bond acceptors (Lipinski definition) is 5. The van der Waals surface area contributed by atoms with Gasteiger partial charge in [-0.05, 0) is 55.0 Å². The summed E-state index contributed by atoms with van der Waals surface area (Å²) in [4.78, 5) is 27.6. The lowest BCUT2D eigenvalue weighted by Crippen LogP contribution is -2.51. The molecule has 11 heteroatoms. The monoisotopic (exact) mass is 577 g/mol. The van der Waals surface area contributed by atoms with Crippen LogP contribution in [0.5, 0.6) is 11.5 Å². The number of hydrogen-bond donors (Lipinski definition) is 1. The molecule has 3 aromatic rings.